The van der Waals surface area contributed by atoms with Gasteiger partial charge in [0.1, 0.15) is 6.17 Å². The summed E-state index contributed by atoms with van der Waals surface area (Å²) < 4.78 is 35.0. The lowest BCUT2D eigenvalue weighted by Gasteiger charge is -2.38. The molecule has 4 rings (SSSR count). The number of hydrogen-bond acceptors (Lipinski definition) is 5. The van der Waals surface area contributed by atoms with Gasteiger partial charge in [-0.2, -0.15) is 0 Å². The van der Waals surface area contributed by atoms with Crippen molar-refractivity contribution in [2.45, 2.75) is 44.2 Å². The maximum Gasteiger partial charge on any atom is 0.277 e. The first-order chi connectivity index (χ1) is 15.2. The van der Waals surface area contributed by atoms with Crippen molar-refractivity contribution in [3.63, 3.8) is 0 Å². The highest BCUT2D eigenvalue weighted by Gasteiger charge is 2.53. The van der Waals surface area contributed by atoms with Gasteiger partial charge in [-0.1, -0.05) is 30.3 Å². The fourth-order valence-electron chi connectivity index (χ4n) is 4.76. The standard InChI is InChI=1S/C23H25F2N3O4/c1-27-17(26-28-13-9-16(29)19(32-2)18(28)21(27)31)8-10-22(11-12-23(24,25)14-22)20(30)15-6-4-3-5-7-15/h3-7,9,13,17,26H,8,10-12,14H2,1-2H3. The molecule has 170 valence electrons. The number of pyridine rings is 1. The van der Waals surface area contributed by atoms with Crippen LogP contribution in [0.15, 0.2) is 47.4 Å². The summed E-state index contributed by atoms with van der Waals surface area (Å²) >= 11 is 0. The van der Waals surface area contributed by atoms with Crippen molar-refractivity contribution < 1.29 is 23.1 Å². The van der Waals surface area contributed by atoms with E-state index in [1.807, 2.05) is 0 Å². The van der Waals surface area contributed by atoms with Crippen LogP contribution in [0.25, 0.3) is 0 Å². The fraction of sp³-hybridized carbons (Fsp3) is 0.435. The molecule has 0 bridgehead atoms. The first-order valence-electron chi connectivity index (χ1n) is 10.5. The summed E-state index contributed by atoms with van der Waals surface area (Å²) in [5, 5.41) is 0. The summed E-state index contributed by atoms with van der Waals surface area (Å²) in [5.41, 5.74) is 2.00. The third kappa shape index (κ3) is 3.76. The Morgan fingerprint density at radius 1 is 1.19 bits per heavy atom. The van der Waals surface area contributed by atoms with E-state index in [1.54, 1.807) is 37.4 Å². The van der Waals surface area contributed by atoms with Crippen molar-refractivity contribution in [3.05, 3.63) is 64.1 Å². The third-order valence-corrected chi connectivity index (χ3v) is 6.52. The van der Waals surface area contributed by atoms with Crippen LogP contribution < -0.4 is 15.6 Å². The van der Waals surface area contributed by atoms with Gasteiger partial charge in [0, 0.05) is 43.1 Å². The zero-order chi connectivity index (χ0) is 23.1. The summed E-state index contributed by atoms with van der Waals surface area (Å²) in [7, 11) is 2.88. The monoisotopic (exact) mass is 445 g/mol. The molecule has 7 nitrogen and oxygen atoms in total. The molecule has 1 amide bonds. The Hall–Kier alpha value is -3.23. The molecule has 2 unspecified atom stereocenters. The molecule has 32 heavy (non-hydrogen) atoms. The molecule has 2 atom stereocenters. The Morgan fingerprint density at radius 2 is 1.91 bits per heavy atom. The summed E-state index contributed by atoms with van der Waals surface area (Å²) in [6, 6.07) is 9.78. The summed E-state index contributed by atoms with van der Waals surface area (Å²) in [6.07, 6.45) is 0.622. The number of aromatic nitrogens is 1. The van der Waals surface area contributed by atoms with E-state index in [9.17, 15) is 23.2 Å². The van der Waals surface area contributed by atoms with Crippen LogP contribution >= 0.6 is 0 Å². The van der Waals surface area contributed by atoms with Gasteiger partial charge in [0.25, 0.3) is 5.91 Å². The van der Waals surface area contributed by atoms with E-state index in [-0.39, 0.29) is 42.9 Å². The predicted molar refractivity (Wildman–Crippen MR) is 114 cm³/mol. The number of hydrogen-bond donors (Lipinski definition) is 1. The number of ether oxygens (including phenoxy) is 1. The highest BCUT2D eigenvalue weighted by atomic mass is 19.3. The first-order valence-corrected chi connectivity index (χ1v) is 10.5. The number of benzene rings is 1. The van der Waals surface area contributed by atoms with Gasteiger partial charge in [0.05, 0.1) is 7.11 Å². The van der Waals surface area contributed by atoms with E-state index in [1.165, 1.54) is 28.9 Å². The van der Waals surface area contributed by atoms with Crippen molar-refractivity contribution >= 4 is 11.7 Å². The molecule has 1 aromatic heterocycles. The lowest BCUT2D eigenvalue weighted by molar-refractivity contribution is -0.00435. The number of rotatable bonds is 6. The van der Waals surface area contributed by atoms with Crippen molar-refractivity contribution in [3.8, 4) is 5.75 Å². The second kappa shape index (κ2) is 8.03. The number of fused-ring (bicyclic) bond motifs is 1. The summed E-state index contributed by atoms with van der Waals surface area (Å²) in [5.74, 6) is -3.68. The average Bonchev–Trinajstić information content (AvgIpc) is 3.11. The van der Waals surface area contributed by atoms with Gasteiger partial charge in [0.15, 0.2) is 17.2 Å². The number of Topliss-reactive ketones (excluding diaryl/α,β-unsaturated/α-hetero) is 1. The first kappa shape index (κ1) is 22.0. The van der Waals surface area contributed by atoms with E-state index < -0.39 is 35.3 Å². The smallest absolute Gasteiger partial charge is 0.277 e. The summed E-state index contributed by atoms with van der Waals surface area (Å²) in [6.45, 7) is 0. The molecule has 1 saturated carbocycles. The lowest BCUT2D eigenvalue weighted by Crippen LogP contribution is -2.52. The second-order valence-electron chi connectivity index (χ2n) is 8.54. The molecule has 9 heteroatoms. The van der Waals surface area contributed by atoms with E-state index in [0.29, 0.717) is 5.56 Å². The van der Waals surface area contributed by atoms with Gasteiger partial charge in [-0.15, -0.1) is 0 Å². The second-order valence-corrected chi connectivity index (χ2v) is 8.54. The minimum atomic E-state index is -2.90. The molecule has 0 radical (unpaired) electrons. The molecule has 2 aromatic rings. The van der Waals surface area contributed by atoms with Gasteiger partial charge >= 0.3 is 0 Å². The predicted octanol–water partition coefficient (Wildman–Crippen LogP) is 3.28. The minimum absolute atomic E-state index is 0.0681. The number of nitrogens with one attached hydrogen (secondary N) is 1. The van der Waals surface area contributed by atoms with Gasteiger partial charge < -0.3 is 15.1 Å². The molecule has 1 aromatic carbocycles. The molecule has 1 N–H and O–H groups in total. The number of nitrogens with zero attached hydrogens (tertiary/aromatic N) is 2. The molecule has 1 fully saturated rings. The molecule has 2 heterocycles. The number of halogens is 2. The third-order valence-electron chi connectivity index (χ3n) is 6.52. The van der Waals surface area contributed by atoms with Gasteiger partial charge in [-0.25, -0.2) is 8.78 Å². The average molecular weight is 445 g/mol. The van der Waals surface area contributed by atoms with Gasteiger partial charge in [-0.3, -0.25) is 19.1 Å². The number of carbonyl (C=O) groups is 2. The topological polar surface area (TPSA) is 80.6 Å². The van der Waals surface area contributed by atoms with Crippen LogP contribution in [0, 0.1) is 5.41 Å². The van der Waals surface area contributed by atoms with Crippen LogP contribution in [0.5, 0.6) is 5.75 Å². The largest absolute Gasteiger partial charge is 0.491 e. The Kier molecular flexibility index (Phi) is 5.52. The number of ketones is 1. The van der Waals surface area contributed by atoms with Crippen molar-refractivity contribution in [1.82, 2.24) is 9.58 Å². The van der Waals surface area contributed by atoms with E-state index in [0.717, 1.165) is 0 Å². The van der Waals surface area contributed by atoms with Gasteiger partial charge in [0.2, 0.25) is 11.4 Å². The maximum absolute atomic E-state index is 14.3. The molecule has 0 spiro atoms. The van der Waals surface area contributed by atoms with Crippen LogP contribution in [0.2, 0.25) is 0 Å². The highest BCUT2D eigenvalue weighted by molar-refractivity contribution is 6.01. The van der Waals surface area contributed by atoms with E-state index in [4.69, 9.17) is 4.74 Å². The SMILES string of the molecule is COc1c2n(ccc1=O)NC(CCC1(C(=O)c3ccccc3)CCC(F)(F)C1)N(C)C2=O. The van der Waals surface area contributed by atoms with E-state index in [2.05, 4.69) is 5.43 Å². The number of carbonyl (C=O) groups excluding carboxylic acids is 2. The Bertz CT molecular complexity index is 1100. The van der Waals surface area contributed by atoms with E-state index >= 15 is 0 Å². The van der Waals surface area contributed by atoms with Crippen LogP contribution in [-0.4, -0.2) is 47.5 Å². The quantitative estimate of drug-likeness (QED) is 0.691. The molecule has 1 aliphatic heterocycles. The minimum Gasteiger partial charge on any atom is -0.491 e. The maximum atomic E-state index is 14.3. The highest BCUT2D eigenvalue weighted by Crippen LogP contribution is 2.52. The molecule has 1 aliphatic carbocycles. The molecule has 0 saturated heterocycles. The zero-order valence-corrected chi connectivity index (χ0v) is 17.9. The van der Waals surface area contributed by atoms with Gasteiger partial charge in [-0.05, 0) is 19.3 Å². The van der Waals surface area contributed by atoms with Crippen molar-refractivity contribution in [2.75, 3.05) is 19.6 Å². The van der Waals surface area contributed by atoms with Crippen LogP contribution in [0.1, 0.15) is 53.0 Å². The fourth-order valence-corrected chi connectivity index (χ4v) is 4.76. The van der Waals surface area contributed by atoms with Crippen molar-refractivity contribution in [2.24, 2.45) is 5.41 Å². The molecular formula is C23H25F2N3O4. The number of alkyl halides is 2. The molecule has 2 aliphatic rings. The van der Waals surface area contributed by atoms with Crippen LogP contribution in [-0.2, 0) is 0 Å². The van der Waals surface area contributed by atoms with Crippen LogP contribution in [0.4, 0.5) is 8.78 Å². The lowest BCUT2D eigenvalue weighted by atomic mass is 9.74. The summed E-state index contributed by atoms with van der Waals surface area (Å²) in [4.78, 5) is 39.7. The number of amides is 1. The Balaban J connectivity index is 1.60. The van der Waals surface area contributed by atoms with Crippen LogP contribution in [0.3, 0.4) is 0 Å². The normalized spacial score (nSPS) is 24.1. The Labute approximate surface area is 183 Å². The van der Waals surface area contributed by atoms with Crippen molar-refractivity contribution in [1.29, 1.82) is 0 Å². The molecular weight excluding hydrogens is 420 g/mol. The number of methoxy groups -OCH3 is 1. The zero-order valence-electron chi connectivity index (χ0n) is 17.9. The Morgan fingerprint density at radius 3 is 2.53 bits per heavy atom.